The smallest absolute Gasteiger partial charge is 0.322 e. The van der Waals surface area contributed by atoms with Crippen LogP contribution in [-0.2, 0) is 4.74 Å². The van der Waals surface area contributed by atoms with Crippen LogP contribution in [0.1, 0.15) is 19.3 Å². The molecule has 98 valence electrons. The Hall–Kier alpha value is -1.63. The Bertz CT molecular complexity index is 441. The van der Waals surface area contributed by atoms with Gasteiger partial charge in [-0.1, -0.05) is 0 Å². The van der Waals surface area contributed by atoms with Gasteiger partial charge in [-0.25, -0.2) is 0 Å². The zero-order valence-corrected chi connectivity index (χ0v) is 10.4. The van der Waals surface area contributed by atoms with Crippen LogP contribution >= 0.6 is 0 Å². The fourth-order valence-electron chi connectivity index (χ4n) is 2.75. The summed E-state index contributed by atoms with van der Waals surface area (Å²) in [5.74, 6) is 0.789. The largest absolute Gasteiger partial charge is 0.467 e. The lowest BCUT2D eigenvalue weighted by atomic mass is 10.1. The van der Waals surface area contributed by atoms with E-state index in [4.69, 9.17) is 15.2 Å². The summed E-state index contributed by atoms with van der Waals surface area (Å²) in [6, 6.07) is 0.615. The number of rotatable bonds is 2. The first kappa shape index (κ1) is 11.5. The van der Waals surface area contributed by atoms with Crippen molar-refractivity contribution >= 4 is 11.9 Å². The van der Waals surface area contributed by atoms with E-state index in [0.717, 1.165) is 19.4 Å². The van der Waals surface area contributed by atoms with Gasteiger partial charge in [0.2, 0.25) is 11.9 Å². The van der Waals surface area contributed by atoms with Crippen molar-refractivity contribution in [1.82, 2.24) is 15.0 Å². The molecule has 1 aliphatic carbocycles. The zero-order valence-electron chi connectivity index (χ0n) is 10.4. The topological polar surface area (TPSA) is 86.4 Å². The molecule has 0 amide bonds. The predicted molar refractivity (Wildman–Crippen MR) is 65.5 cm³/mol. The minimum absolute atomic E-state index is 0.192. The molecule has 1 aromatic rings. The third-order valence-electron chi connectivity index (χ3n) is 3.54. The average molecular weight is 251 g/mol. The van der Waals surface area contributed by atoms with Crippen molar-refractivity contribution in [2.45, 2.75) is 31.4 Å². The maximum atomic E-state index is 5.77. The highest BCUT2D eigenvalue weighted by Crippen LogP contribution is 2.32. The molecule has 2 aliphatic rings. The Morgan fingerprint density at radius 2 is 2.22 bits per heavy atom. The van der Waals surface area contributed by atoms with Crippen molar-refractivity contribution in [3.63, 3.8) is 0 Å². The van der Waals surface area contributed by atoms with Crippen LogP contribution in [0.15, 0.2) is 0 Å². The van der Waals surface area contributed by atoms with Gasteiger partial charge >= 0.3 is 6.01 Å². The van der Waals surface area contributed by atoms with Crippen molar-refractivity contribution in [2.75, 3.05) is 30.9 Å². The van der Waals surface area contributed by atoms with Gasteiger partial charge in [0.1, 0.15) is 0 Å². The number of nitrogen functional groups attached to an aromatic ring is 1. The number of nitrogens with zero attached hydrogens (tertiary/aromatic N) is 4. The third kappa shape index (κ3) is 1.94. The van der Waals surface area contributed by atoms with Gasteiger partial charge < -0.3 is 20.1 Å². The highest BCUT2D eigenvalue weighted by atomic mass is 16.5. The van der Waals surface area contributed by atoms with Crippen LogP contribution in [0, 0.1) is 0 Å². The number of fused-ring (bicyclic) bond motifs is 1. The molecule has 1 aliphatic heterocycles. The molecule has 0 radical (unpaired) electrons. The summed E-state index contributed by atoms with van der Waals surface area (Å²) in [7, 11) is 1.52. The molecule has 0 spiro atoms. The summed E-state index contributed by atoms with van der Waals surface area (Å²) >= 11 is 0. The molecule has 2 atom stereocenters. The Labute approximate surface area is 105 Å². The van der Waals surface area contributed by atoms with Gasteiger partial charge in [-0.15, -0.1) is 0 Å². The fourth-order valence-corrected chi connectivity index (χ4v) is 2.75. The number of hydrogen-bond acceptors (Lipinski definition) is 7. The van der Waals surface area contributed by atoms with E-state index < -0.39 is 0 Å². The van der Waals surface area contributed by atoms with Gasteiger partial charge in [0, 0.05) is 6.54 Å². The molecule has 2 heterocycles. The van der Waals surface area contributed by atoms with Crippen LogP contribution in [0.5, 0.6) is 6.01 Å². The summed E-state index contributed by atoms with van der Waals surface area (Å²) in [5, 5.41) is 0. The molecule has 3 rings (SSSR count). The first-order valence-electron chi connectivity index (χ1n) is 6.21. The number of methoxy groups -OCH3 is 1. The molecule has 2 unspecified atom stereocenters. The predicted octanol–water partition coefficient (Wildman–Crippen LogP) is 0.220. The lowest BCUT2D eigenvalue weighted by Gasteiger charge is -2.37. The van der Waals surface area contributed by atoms with E-state index in [1.807, 2.05) is 0 Å². The van der Waals surface area contributed by atoms with Crippen molar-refractivity contribution < 1.29 is 9.47 Å². The van der Waals surface area contributed by atoms with E-state index in [1.54, 1.807) is 0 Å². The van der Waals surface area contributed by atoms with E-state index in [1.165, 1.54) is 13.5 Å². The first-order chi connectivity index (χ1) is 8.78. The monoisotopic (exact) mass is 251 g/mol. The molecule has 18 heavy (non-hydrogen) atoms. The molecule has 7 heteroatoms. The zero-order chi connectivity index (χ0) is 12.5. The van der Waals surface area contributed by atoms with E-state index in [9.17, 15) is 0 Å². The van der Waals surface area contributed by atoms with Crippen molar-refractivity contribution in [3.05, 3.63) is 0 Å². The number of morpholine rings is 1. The average Bonchev–Trinajstić information content (AvgIpc) is 2.85. The summed E-state index contributed by atoms with van der Waals surface area (Å²) in [5.41, 5.74) is 5.68. The molecule has 1 saturated heterocycles. The van der Waals surface area contributed by atoms with E-state index in [2.05, 4.69) is 19.9 Å². The van der Waals surface area contributed by atoms with Gasteiger partial charge in [-0.2, -0.15) is 15.0 Å². The summed E-state index contributed by atoms with van der Waals surface area (Å²) in [4.78, 5) is 14.6. The minimum atomic E-state index is 0.192. The van der Waals surface area contributed by atoms with Crippen LogP contribution in [0.3, 0.4) is 0 Å². The number of ether oxygens (including phenoxy) is 2. The Kier molecular flexibility index (Phi) is 2.91. The number of aromatic nitrogens is 3. The fraction of sp³-hybridized carbons (Fsp3) is 0.727. The third-order valence-corrected chi connectivity index (χ3v) is 3.54. The van der Waals surface area contributed by atoms with Crippen LogP contribution < -0.4 is 15.4 Å². The number of nitrogens with two attached hydrogens (primary N) is 1. The molecule has 2 N–H and O–H groups in total. The molecule has 7 nitrogen and oxygen atoms in total. The maximum absolute atomic E-state index is 5.77. The quantitative estimate of drug-likeness (QED) is 0.804. The van der Waals surface area contributed by atoms with Gasteiger partial charge in [-0.3, -0.25) is 0 Å². The second kappa shape index (κ2) is 4.56. The second-order valence-corrected chi connectivity index (χ2v) is 4.58. The second-order valence-electron chi connectivity index (χ2n) is 4.58. The standard InChI is InChI=1S/C11H17N5O2/c1-17-11-14-9(12)13-10(15-11)16-5-6-18-8-4-2-3-7(8)16/h7-8H,2-6H2,1H3,(H2,12,13,14,15). The normalized spacial score (nSPS) is 27.1. The number of anilines is 2. The van der Waals surface area contributed by atoms with Crippen LogP contribution in [-0.4, -0.2) is 47.4 Å². The lowest BCUT2D eigenvalue weighted by molar-refractivity contribution is 0.0249. The van der Waals surface area contributed by atoms with E-state index in [-0.39, 0.29) is 12.0 Å². The van der Waals surface area contributed by atoms with E-state index in [0.29, 0.717) is 24.7 Å². The summed E-state index contributed by atoms with van der Waals surface area (Å²) < 4.78 is 10.8. The SMILES string of the molecule is COc1nc(N)nc(N2CCOC3CCCC32)n1. The van der Waals surface area contributed by atoms with Crippen molar-refractivity contribution in [3.8, 4) is 6.01 Å². The molecule has 0 bridgehead atoms. The summed E-state index contributed by atoms with van der Waals surface area (Å²) in [6.45, 7) is 1.49. The van der Waals surface area contributed by atoms with Crippen LogP contribution in [0.25, 0.3) is 0 Å². The van der Waals surface area contributed by atoms with Gasteiger partial charge in [0.05, 0.1) is 25.9 Å². The molecule has 0 aromatic carbocycles. The summed E-state index contributed by atoms with van der Waals surface area (Å²) in [6.07, 6.45) is 3.70. The van der Waals surface area contributed by atoms with Gasteiger partial charge in [0.25, 0.3) is 0 Å². The van der Waals surface area contributed by atoms with Crippen molar-refractivity contribution in [2.24, 2.45) is 0 Å². The van der Waals surface area contributed by atoms with Crippen LogP contribution in [0.4, 0.5) is 11.9 Å². The first-order valence-corrected chi connectivity index (χ1v) is 6.21. The molecule has 2 fully saturated rings. The number of hydrogen-bond donors (Lipinski definition) is 1. The van der Waals surface area contributed by atoms with E-state index >= 15 is 0 Å². The Morgan fingerprint density at radius 3 is 3.06 bits per heavy atom. The van der Waals surface area contributed by atoms with Crippen molar-refractivity contribution in [1.29, 1.82) is 0 Å². The molecular weight excluding hydrogens is 234 g/mol. The lowest BCUT2D eigenvalue weighted by Crippen LogP contribution is -2.49. The molecular formula is C11H17N5O2. The molecule has 1 aromatic heterocycles. The van der Waals surface area contributed by atoms with Crippen LogP contribution in [0.2, 0.25) is 0 Å². The van der Waals surface area contributed by atoms with Gasteiger partial charge in [0.15, 0.2) is 0 Å². The maximum Gasteiger partial charge on any atom is 0.322 e. The minimum Gasteiger partial charge on any atom is -0.467 e. The Morgan fingerprint density at radius 1 is 1.33 bits per heavy atom. The van der Waals surface area contributed by atoms with Gasteiger partial charge in [-0.05, 0) is 19.3 Å². The molecule has 1 saturated carbocycles. The highest BCUT2D eigenvalue weighted by Gasteiger charge is 2.37. The Balaban J connectivity index is 1.90. The highest BCUT2D eigenvalue weighted by molar-refractivity contribution is 5.38.